The summed E-state index contributed by atoms with van der Waals surface area (Å²) in [6.07, 6.45) is 7.04. The Morgan fingerprint density at radius 2 is 2.20 bits per heavy atom. The lowest BCUT2D eigenvalue weighted by Crippen LogP contribution is -2.47. The molecule has 1 saturated carbocycles. The van der Waals surface area contributed by atoms with Crippen molar-refractivity contribution >= 4 is 5.91 Å². The second-order valence-electron chi connectivity index (χ2n) is 6.42. The Morgan fingerprint density at radius 1 is 1.30 bits per heavy atom. The molecule has 3 aliphatic rings. The molecule has 3 heterocycles. The number of rotatable bonds is 3. The molecule has 2 saturated heterocycles. The predicted molar refractivity (Wildman–Crippen MR) is 73.6 cm³/mol. The van der Waals surface area contributed by atoms with Crippen molar-refractivity contribution in [1.29, 1.82) is 0 Å². The lowest BCUT2D eigenvalue weighted by Gasteiger charge is -2.34. The molecule has 0 spiro atoms. The van der Waals surface area contributed by atoms with Gasteiger partial charge in [-0.1, -0.05) is 5.16 Å². The number of aromatic nitrogens is 1. The minimum atomic E-state index is -0.0721. The standard InChI is InChI=1S/C15H21N3O2/c19-15(13-9-14(20-17-13)10-3-4-10)16-11-5-7-18-6-1-2-12(18)8-11/h9-12H,1-8H2,(H,16,19)/t11-,12+/m1/s1. The van der Waals surface area contributed by atoms with Gasteiger partial charge < -0.3 is 14.7 Å². The maximum Gasteiger partial charge on any atom is 0.273 e. The average Bonchev–Trinajstić information content (AvgIpc) is 3.01. The minimum absolute atomic E-state index is 0.0721. The van der Waals surface area contributed by atoms with Gasteiger partial charge >= 0.3 is 0 Å². The van der Waals surface area contributed by atoms with Gasteiger partial charge in [0, 0.05) is 30.6 Å². The number of nitrogens with zero attached hydrogens (tertiary/aromatic N) is 2. The van der Waals surface area contributed by atoms with Gasteiger partial charge in [-0.3, -0.25) is 4.79 Å². The molecular weight excluding hydrogens is 254 g/mol. The van der Waals surface area contributed by atoms with E-state index in [1.54, 1.807) is 0 Å². The van der Waals surface area contributed by atoms with Crippen molar-refractivity contribution in [3.63, 3.8) is 0 Å². The highest BCUT2D eigenvalue weighted by Crippen LogP contribution is 2.40. The number of fused-ring (bicyclic) bond motifs is 1. The van der Waals surface area contributed by atoms with E-state index in [0.717, 1.165) is 38.0 Å². The zero-order valence-electron chi connectivity index (χ0n) is 11.7. The molecule has 1 amide bonds. The number of carbonyl (C=O) groups excluding carboxylic acids is 1. The topological polar surface area (TPSA) is 58.4 Å². The van der Waals surface area contributed by atoms with Gasteiger partial charge in [0.15, 0.2) is 5.69 Å². The van der Waals surface area contributed by atoms with Crippen molar-refractivity contribution in [2.45, 2.75) is 56.5 Å². The third-order valence-corrected chi connectivity index (χ3v) is 4.90. The van der Waals surface area contributed by atoms with Crippen molar-refractivity contribution < 1.29 is 9.32 Å². The first-order valence-corrected chi connectivity index (χ1v) is 7.81. The quantitative estimate of drug-likeness (QED) is 0.915. The molecule has 3 fully saturated rings. The second kappa shape index (κ2) is 4.88. The summed E-state index contributed by atoms with van der Waals surface area (Å²) < 4.78 is 5.25. The minimum Gasteiger partial charge on any atom is -0.360 e. The van der Waals surface area contributed by atoms with Crippen LogP contribution in [0.3, 0.4) is 0 Å². The lowest BCUT2D eigenvalue weighted by molar-refractivity contribution is 0.0887. The van der Waals surface area contributed by atoms with Crippen LogP contribution in [0.5, 0.6) is 0 Å². The zero-order chi connectivity index (χ0) is 13.5. The number of piperidine rings is 1. The molecule has 1 aliphatic carbocycles. The van der Waals surface area contributed by atoms with Crippen molar-refractivity contribution in [2.24, 2.45) is 0 Å². The normalized spacial score (nSPS) is 30.2. The van der Waals surface area contributed by atoms with Gasteiger partial charge in [-0.2, -0.15) is 0 Å². The molecule has 108 valence electrons. The van der Waals surface area contributed by atoms with Gasteiger partial charge in [-0.25, -0.2) is 0 Å². The van der Waals surface area contributed by atoms with Crippen LogP contribution in [0, 0.1) is 0 Å². The van der Waals surface area contributed by atoms with Crippen LogP contribution in [0.15, 0.2) is 10.6 Å². The summed E-state index contributed by atoms with van der Waals surface area (Å²) in [5.41, 5.74) is 0.445. The molecule has 5 heteroatoms. The van der Waals surface area contributed by atoms with E-state index in [2.05, 4.69) is 15.4 Å². The van der Waals surface area contributed by atoms with Gasteiger partial charge in [0.1, 0.15) is 5.76 Å². The van der Waals surface area contributed by atoms with Crippen molar-refractivity contribution in [2.75, 3.05) is 13.1 Å². The number of hydrogen-bond donors (Lipinski definition) is 1. The molecule has 2 atom stereocenters. The fourth-order valence-electron chi connectivity index (χ4n) is 3.57. The Morgan fingerprint density at radius 3 is 3.05 bits per heavy atom. The first-order chi connectivity index (χ1) is 9.79. The van der Waals surface area contributed by atoms with Gasteiger partial charge in [0.2, 0.25) is 0 Å². The van der Waals surface area contributed by atoms with E-state index in [4.69, 9.17) is 4.52 Å². The third kappa shape index (κ3) is 2.35. The Kier molecular flexibility index (Phi) is 3.02. The predicted octanol–water partition coefficient (Wildman–Crippen LogP) is 1.91. The number of hydrogen-bond acceptors (Lipinski definition) is 4. The summed E-state index contributed by atoms with van der Waals surface area (Å²) >= 11 is 0. The van der Waals surface area contributed by atoms with Gasteiger partial charge in [-0.15, -0.1) is 0 Å². The van der Waals surface area contributed by atoms with Gasteiger partial charge in [-0.05, 0) is 45.1 Å². The zero-order valence-corrected chi connectivity index (χ0v) is 11.7. The van der Waals surface area contributed by atoms with E-state index in [1.807, 2.05) is 6.07 Å². The van der Waals surface area contributed by atoms with Crippen LogP contribution in [0.4, 0.5) is 0 Å². The maximum absolute atomic E-state index is 12.2. The lowest BCUT2D eigenvalue weighted by atomic mass is 9.97. The molecule has 2 aliphatic heterocycles. The summed E-state index contributed by atoms with van der Waals surface area (Å²) in [7, 11) is 0. The third-order valence-electron chi connectivity index (χ3n) is 4.90. The number of carbonyl (C=O) groups is 1. The highest BCUT2D eigenvalue weighted by atomic mass is 16.5. The largest absolute Gasteiger partial charge is 0.360 e. The van der Waals surface area contributed by atoms with E-state index in [0.29, 0.717) is 23.7 Å². The van der Waals surface area contributed by atoms with Crippen LogP contribution in [-0.4, -0.2) is 41.1 Å². The van der Waals surface area contributed by atoms with Crippen LogP contribution in [0.25, 0.3) is 0 Å². The van der Waals surface area contributed by atoms with E-state index in [-0.39, 0.29) is 5.91 Å². The molecule has 0 radical (unpaired) electrons. The maximum atomic E-state index is 12.2. The molecule has 0 unspecified atom stereocenters. The van der Waals surface area contributed by atoms with Gasteiger partial charge in [0.05, 0.1) is 0 Å². The Balaban J connectivity index is 1.36. The number of amides is 1. The van der Waals surface area contributed by atoms with Crippen molar-refractivity contribution in [3.8, 4) is 0 Å². The highest BCUT2D eigenvalue weighted by Gasteiger charge is 2.33. The summed E-state index contributed by atoms with van der Waals surface area (Å²) in [6, 6.07) is 2.79. The van der Waals surface area contributed by atoms with Crippen LogP contribution < -0.4 is 5.32 Å². The van der Waals surface area contributed by atoms with E-state index < -0.39 is 0 Å². The molecule has 1 aromatic heterocycles. The van der Waals surface area contributed by atoms with Crippen LogP contribution in [0.2, 0.25) is 0 Å². The van der Waals surface area contributed by atoms with E-state index in [1.165, 1.54) is 19.4 Å². The summed E-state index contributed by atoms with van der Waals surface area (Å²) in [5, 5.41) is 7.04. The smallest absolute Gasteiger partial charge is 0.273 e. The monoisotopic (exact) mass is 275 g/mol. The molecule has 1 N–H and O–H groups in total. The fourth-order valence-corrected chi connectivity index (χ4v) is 3.57. The first-order valence-electron chi connectivity index (χ1n) is 7.81. The Bertz CT molecular complexity index is 509. The van der Waals surface area contributed by atoms with Crippen LogP contribution >= 0.6 is 0 Å². The van der Waals surface area contributed by atoms with E-state index >= 15 is 0 Å². The molecule has 4 rings (SSSR count). The number of nitrogens with one attached hydrogen (secondary N) is 1. The molecule has 20 heavy (non-hydrogen) atoms. The Hall–Kier alpha value is -1.36. The second-order valence-corrected chi connectivity index (χ2v) is 6.42. The summed E-state index contributed by atoms with van der Waals surface area (Å²) in [5.74, 6) is 1.31. The Labute approximate surface area is 118 Å². The van der Waals surface area contributed by atoms with Crippen LogP contribution in [0.1, 0.15) is 60.7 Å². The van der Waals surface area contributed by atoms with Crippen molar-refractivity contribution in [3.05, 3.63) is 17.5 Å². The molecule has 0 bridgehead atoms. The van der Waals surface area contributed by atoms with E-state index in [9.17, 15) is 4.79 Å². The molecule has 1 aromatic rings. The van der Waals surface area contributed by atoms with Gasteiger partial charge in [0.25, 0.3) is 5.91 Å². The summed E-state index contributed by atoms with van der Waals surface area (Å²) in [4.78, 5) is 14.8. The molecular formula is C15H21N3O2. The first kappa shape index (κ1) is 12.4. The summed E-state index contributed by atoms with van der Waals surface area (Å²) in [6.45, 7) is 2.35. The SMILES string of the molecule is O=C(N[C@@H]1CCN2CCC[C@H]2C1)c1cc(C2CC2)on1. The highest BCUT2D eigenvalue weighted by molar-refractivity contribution is 5.92. The molecule has 0 aromatic carbocycles. The molecule has 5 nitrogen and oxygen atoms in total. The van der Waals surface area contributed by atoms with Crippen molar-refractivity contribution in [1.82, 2.24) is 15.4 Å². The average molecular weight is 275 g/mol. The fraction of sp³-hybridized carbons (Fsp3) is 0.733. The van der Waals surface area contributed by atoms with Crippen LogP contribution in [-0.2, 0) is 0 Å².